The van der Waals surface area contributed by atoms with Crippen molar-refractivity contribution >= 4 is 23.1 Å². The first kappa shape index (κ1) is 18.7. The van der Waals surface area contributed by atoms with Gasteiger partial charge >= 0.3 is 5.97 Å². The molecule has 4 heteroatoms. The predicted molar refractivity (Wildman–Crippen MR) is 108 cm³/mol. The van der Waals surface area contributed by atoms with Gasteiger partial charge in [-0.25, -0.2) is 0 Å². The highest BCUT2D eigenvalue weighted by atomic mass is 35.5. The number of ether oxygens (including phenoxy) is 1. The van der Waals surface area contributed by atoms with Gasteiger partial charge in [-0.05, 0) is 40.5 Å². The molecule has 0 atom stereocenters. The normalized spacial score (nSPS) is 10.3. The summed E-state index contributed by atoms with van der Waals surface area (Å²) in [5.41, 5.74) is 3.94. The lowest BCUT2D eigenvalue weighted by atomic mass is 9.98. The molecule has 0 radical (unpaired) electrons. The highest BCUT2D eigenvalue weighted by Crippen LogP contribution is 2.27. The monoisotopic (exact) mass is 378 g/mol. The molecule has 27 heavy (non-hydrogen) atoms. The van der Waals surface area contributed by atoms with Crippen LogP contribution in [0.3, 0.4) is 0 Å². The third kappa shape index (κ3) is 5.22. The van der Waals surface area contributed by atoms with Gasteiger partial charge in [0.05, 0.1) is 11.4 Å². The lowest BCUT2D eigenvalue weighted by Crippen LogP contribution is -2.01. The molecular formula is C23H19ClO3. The highest BCUT2D eigenvalue weighted by molar-refractivity contribution is 6.32. The molecule has 3 rings (SSSR count). The van der Waals surface area contributed by atoms with Crippen LogP contribution in [-0.2, 0) is 11.2 Å². The summed E-state index contributed by atoms with van der Waals surface area (Å²) in [4.78, 5) is 10.8. The van der Waals surface area contributed by atoms with Gasteiger partial charge in [0, 0.05) is 0 Å². The maximum absolute atomic E-state index is 10.8. The Morgan fingerprint density at radius 2 is 1.52 bits per heavy atom. The number of carbonyl (C=O) groups is 1. The molecule has 0 spiro atoms. The van der Waals surface area contributed by atoms with E-state index in [0.717, 1.165) is 16.7 Å². The van der Waals surface area contributed by atoms with Crippen molar-refractivity contribution in [2.75, 3.05) is 6.61 Å². The molecule has 0 saturated heterocycles. The third-order valence-corrected chi connectivity index (χ3v) is 4.34. The maximum atomic E-state index is 10.8. The topological polar surface area (TPSA) is 46.5 Å². The average molecular weight is 379 g/mol. The molecule has 0 heterocycles. The summed E-state index contributed by atoms with van der Waals surface area (Å²) in [7, 11) is 0. The summed E-state index contributed by atoms with van der Waals surface area (Å²) >= 11 is 6.22. The summed E-state index contributed by atoms with van der Waals surface area (Å²) in [5.74, 6) is -0.361. The average Bonchev–Trinajstić information content (AvgIpc) is 2.67. The Balaban J connectivity index is 1.79. The van der Waals surface area contributed by atoms with E-state index >= 15 is 0 Å². The summed E-state index contributed by atoms with van der Waals surface area (Å²) in [6, 6.07) is 25.3. The van der Waals surface area contributed by atoms with Gasteiger partial charge in [0.1, 0.15) is 12.4 Å². The van der Waals surface area contributed by atoms with Crippen molar-refractivity contribution < 1.29 is 14.6 Å². The molecule has 3 nitrogen and oxygen atoms in total. The van der Waals surface area contributed by atoms with Crippen LogP contribution in [0.1, 0.15) is 16.7 Å². The molecule has 3 aromatic carbocycles. The van der Waals surface area contributed by atoms with Crippen molar-refractivity contribution in [3.05, 3.63) is 107 Å². The van der Waals surface area contributed by atoms with Crippen LogP contribution in [0.4, 0.5) is 0 Å². The van der Waals surface area contributed by atoms with Gasteiger partial charge in [0.15, 0.2) is 0 Å². The van der Waals surface area contributed by atoms with Crippen LogP contribution in [0.25, 0.3) is 5.57 Å². The van der Waals surface area contributed by atoms with Gasteiger partial charge in [-0.2, -0.15) is 0 Å². The van der Waals surface area contributed by atoms with E-state index in [-0.39, 0.29) is 6.42 Å². The maximum Gasteiger partial charge on any atom is 0.307 e. The van der Waals surface area contributed by atoms with Crippen LogP contribution in [0.2, 0.25) is 5.02 Å². The van der Waals surface area contributed by atoms with E-state index in [9.17, 15) is 4.79 Å². The van der Waals surface area contributed by atoms with Crippen molar-refractivity contribution in [2.45, 2.75) is 6.42 Å². The molecule has 0 aliphatic rings. The minimum Gasteiger partial charge on any atom is -0.488 e. The fourth-order valence-corrected chi connectivity index (χ4v) is 3.06. The second kappa shape index (κ2) is 9.06. The molecule has 0 aromatic heterocycles. The molecular weight excluding hydrogens is 360 g/mol. The van der Waals surface area contributed by atoms with Gasteiger partial charge in [-0.1, -0.05) is 78.3 Å². The fourth-order valence-electron chi connectivity index (χ4n) is 2.80. The highest BCUT2D eigenvalue weighted by Gasteiger charge is 2.07. The van der Waals surface area contributed by atoms with Crippen LogP contribution in [0.15, 0.2) is 84.9 Å². The summed E-state index contributed by atoms with van der Waals surface area (Å²) < 4.78 is 5.81. The number of rotatable bonds is 7. The molecule has 0 fully saturated rings. The van der Waals surface area contributed by atoms with Crippen LogP contribution >= 0.6 is 11.6 Å². The molecule has 0 amide bonds. The van der Waals surface area contributed by atoms with Gasteiger partial charge in [0.25, 0.3) is 0 Å². The molecule has 1 N–H and O–H groups in total. The molecule has 0 aliphatic heterocycles. The second-order valence-corrected chi connectivity index (χ2v) is 6.40. The number of hydrogen-bond acceptors (Lipinski definition) is 2. The SMILES string of the molecule is O=C(O)Cc1ccc(OCC=C(c2ccccc2)c2ccccc2)c(Cl)c1. The van der Waals surface area contributed by atoms with Crippen molar-refractivity contribution in [3.63, 3.8) is 0 Å². The van der Waals surface area contributed by atoms with E-state index in [4.69, 9.17) is 21.4 Å². The fraction of sp³-hybridized carbons (Fsp3) is 0.0870. The van der Waals surface area contributed by atoms with Crippen LogP contribution in [0, 0.1) is 0 Å². The quantitative estimate of drug-likeness (QED) is 0.592. The number of benzene rings is 3. The van der Waals surface area contributed by atoms with Gasteiger partial charge in [0.2, 0.25) is 0 Å². The standard InChI is InChI=1S/C23H19ClO3/c24-21-15-17(16-23(25)26)11-12-22(21)27-14-13-20(18-7-3-1-4-8-18)19-9-5-2-6-10-19/h1-13,15H,14,16H2,(H,25,26). The Kier molecular flexibility index (Phi) is 6.29. The number of hydrogen-bond donors (Lipinski definition) is 1. The largest absolute Gasteiger partial charge is 0.488 e. The first-order chi connectivity index (χ1) is 13.1. The van der Waals surface area contributed by atoms with Crippen molar-refractivity contribution in [2.24, 2.45) is 0 Å². The molecule has 3 aromatic rings. The van der Waals surface area contributed by atoms with Crippen LogP contribution in [-0.4, -0.2) is 17.7 Å². The van der Waals surface area contributed by atoms with E-state index in [2.05, 4.69) is 24.3 Å². The van der Waals surface area contributed by atoms with Gasteiger partial charge < -0.3 is 9.84 Å². The molecule has 0 bridgehead atoms. The summed E-state index contributed by atoms with van der Waals surface area (Å²) in [6.45, 7) is 0.344. The van der Waals surface area contributed by atoms with Crippen molar-refractivity contribution in [1.82, 2.24) is 0 Å². The number of halogens is 1. The van der Waals surface area contributed by atoms with E-state index in [1.165, 1.54) is 0 Å². The Labute approximate surface area is 163 Å². The second-order valence-electron chi connectivity index (χ2n) is 6.00. The number of aliphatic carboxylic acids is 1. The minimum absolute atomic E-state index is 0.0634. The lowest BCUT2D eigenvalue weighted by molar-refractivity contribution is -0.136. The first-order valence-corrected chi connectivity index (χ1v) is 8.95. The Morgan fingerprint density at radius 1 is 0.926 bits per heavy atom. The van der Waals surface area contributed by atoms with E-state index in [1.807, 2.05) is 42.5 Å². The van der Waals surface area contributed by atoms with Crippen molar-refractivity contribution in [3.8, 4) is 5.75 Å². The summed E-state index contributed by atoms with van der Waals surface area (Å²) in [6.07, 6.45) is 1.96. The Hall–Kier alpha value is -3.04. The number of carboxylic acids is 1. The molecule has 0 aliphatic carbocycles. The van der Waals surface area contributed by atoms with E-state index < -0.39 is 5.97 Å². The third-order valence-electron chi connectivity index (χ3n) is 4.05. The lowest BCUT2D eigenvalue weighted by Gasteiger charge is -2.11. The molecule has 136 valence electrons. The smallest absolute Gasteiger partial charge is 0.307 e. The number of carboxylic acid groups (broad SMARTS) is 1. The van der Waals surface area contributed by atoms with Crippen LogP contribution in [0.5, 0.6) is 5.75 Å². The Bertz CT molecular complexity index is 893. The molecule has 0 saturated carbocycles. The van der Waals surface area contributed by atoms with Gasteiger partial charge in [-0.15, -0.1) is 0 Å². The predicted octanol–water partition coefficient (Wildman–Crippen LogP) is 5.48. The van der Waals surface area contributed by atoms with E-state index in [1.54, 1.807) is 18.2 Å². The zero-order valence-corrected chi connectivity index (χ0v) is 15.4. The minimum atomic E-state index is -0.891. The van der Waals surface area contributed by atoms with Crippen LogP contribution < -0.4 is 4.74 Å². The zero-order chi connectivity index (χ0) is 19.1. The van der Waals surface area contributed by atoms with E-state index in [0.29, 0.717) is 22.9 Å². The first-order valence-electron chi connectivity index (χ1n) is 8.57. The summed E-state index contributed by atoms with van der Waals surface area (Å²) in [5, 5.41) is 9.27. The Morgan fingerprint density at radius 3 is 2.04 bits per heavy atom. The molecule has 0 unspecified atom stereocenters. The van der Waals surface area contributed by atoms with Gasteiger partial charge in [-0.3, -0.25) is 4.79 Å². The van der Waals surface area contributed by atoms with Crippen molar-refractivity contribution in [1.29, 1.82) is 0 Å². The zero-order valence-electron chi connectivity index (χ0n) is 14.6.